The highest BCUT2D eigenvalue weighted by molar-refractivity contribution is 7.88. The Bertz CT molecular complexity index is 1040. The predicted molar refractivity (Wildman–Crippen MR) is 106 cm³/mol. The lowest BCUT2D eigenvalue weighted by Gasteiger charge is -2.52. The van der Waals surface area contributed by atoms with Crippen molar-refractivity contribution < 1.29 is 21.6 Å². The number of aromatic nitrogens is 3. The molecule has 164 valence electrons. The molecule has 2 aromatic rings. The normalized spacial score (nSPS) is 26.8. The lowest BCUT2D eigenvalue weighted by Crippen LogP contribution is -2.50. The maximum Gasteiger partial charge on any atom is 0.417 e. The number of rotatable bonds is 5. The van der Waals surface area contributed by atoms with Crippen LogP contribution in [0.25, 0.3) is 11.4 Å². The van der Waals surface area contributed by atoms with Crippen LogP contribution in [0.5, 0.6) is 0 Å². The maximum absolute atomic E-state index is 13.5. The van der Waals surface area contributed by atoms with Crippen LogP contribution in [0.1, 0.15) is 49.9 Å². The number of nitrogens with one attached hydrogen (secondary N) is 1. The van der Waals surface area contributed by atoms with Crippen LogP contribution >= 0.6 is 0 Å². The van der Waals surface area contributed by atoms with Gasteiger partial charge in [-0.25, -0.2) is 13.1 Å². The summed E-state index contributed by atoms with van der Waals surface area (Å²) in [6.45, 7) is 0.435. The summed E-state index contributed by atoms with van der Waals surface area (Å²) in [6, 6.07) is 5.43. The first-order valence-corrected chi connectivity index (χ1v) is 11.9. The molecule has 1 aromatic heterocycles. The average molecular weight is 443 g/mol. The van der Waals surface area contributed by atoms with E-state index in [1.165, 1.54) is 18.4 Å². The number of fused-ring (bicyclic) bond motifs is 3. The monoisotopic (exact) mass is 442 g/mol. The first-order chi connectivity index (χ1) is 13.9. The summed E-state index contributed by atoms with van der Waals surface area (Å²) in [5.74, 6) is 0.937. The van der Waals surface area contributed by atoms with Gasteiger partial charge in [0.1, 0.15) is 5.82 Å². The van der Waals surface area contributed by atoms with E-state index in [4.69, 9.17) is 0 Å². The molecule has 0 amide bonds. The van der Waals surface area contributed by atoms with E-state index in [9.17, 15) is 21.6 Å². The highest BCUT2D eigenvalue weighted by Gasteiger charge is 2.51. The Morgan fingerprint density at radius 3 is 2.23 bits per heavy atom. The molecule has 0 saturated heterocycles. The van der Waals surface area contributed by atoms with E-state index < -0.39 is 21.8 Å². The standard InChI is InChI=1S/C20H25F3N4O2S/c1-27-16(14-5-3-4-6-15(14)20(21,22)23)25-26-17(27)19-10-7-18(8-11-19,9-12-19)13-24-30(2,28)29/h3-6,24H,7-13H2,1-2H3. The number of hydrogen-bond acceptors (Lipinski definition) is 4. The second kappa shape index (κ2) is 7.05. The fraction of sp³-hybridized carbons (Fsp3) is 0.600. The zero-order valence-electron chi connectivity index (χ0n) is 17.0. The highest BCUT2D eigenvalue weighted by atomic mass is 32.2. The van der Waals surface area contributed by atoms with Crippen LogP contribution in [-0.2, 0) is 28.7 Å². The number of hydrogen-bond donors (Lipinski definition) is 1. The molecule has 0 unspecified atom stereocenters. The minimum absolute atomic E-state index is 0.0287. The fourth-order valence-electron chi connectivity index (χ4n) is 5.10. The van der Waals surface area contributed by atoms with Crippen molar-refractivity contribution in [2.75, 3.05) is 12.8 Å². The summed E-state index contributed by atoms with van der Waals surface area (Å²) in [5, 5.41) is 8.50. The highest BCUT2D eigenvalue weighted by Crippen LogP contribution is 2.57. The van der Waals surface area contributed by atoms with E-state index in [-0.39, 0.29) is 22.2 Å². The molecule has 0 atom stereocenters. The van der Waals surface area contributed by atoms with Crippen molar-refractivity contribution in [3.8, 4) is 11.4 Å². The maximum atomic E-state index is 13.5. The number of alkyl halides is 3. The second-order valence-electron chi connectivity index (χ2n) is 8.82. The zero-order valence-corrected chi connectivity index (χ0v) is 17.8. The van der Waals surface area contributed by atoms with E-state index in [1.807, 2.05) is 0 Å². The van der Waals surface area contributed by atoms with Crippen LogP contribution in [-0.4, -0.2) is 36.0 Å². The van der Waals surface area contributed by atoms with Crippen LogP contribution in [0, 0.1) is 5.41 Å². The van der Waals surface area contributed by atoms with E-state index in [1.54, 1.807) is 17.7 Å². The summed E-state index contributed by atoms with van der Waals surface area (Å²) in [6.07, 6.45) is 1.74. The van der Waals surface area contributed by atoms with Crippen molar-refractivity contribution in [3.05, 3.63) is 35.7 Å². The van der Waals surface area contributed by atoms with E-state index in [0.717, 1.165) is 50.4 Å². The van der Waals surface area contributed by atoms with Crippen molar-refractivity contribution in [1.82, 2.24) is 19.5 Å². The number of sulfonamides is 1. The van der Waals surface area contributed by atoms with Gasteiger partial charge in [0.05, 0.1) is 11.8 Å². The second-order valence-corrected chi connectivity index (χ2v) is 10.7. The molecule has 0 spiro atoms. The smallest absolute Gasteiger partial charge is 0.314 e. The molecule has 3 saturated carbocycles. The van der Waals surface area contributed by atoms with Gasteiger partial charge in [0.15, 0.2) is 5.82 Å². The molecule has 0 radical (unpaired) electrons. The lowest BCUT2D eigenvalue weighted by atomic mass is 9.53. The van der Waals surface area contributed by atoms with Gasteiger partial charge in [-0.2, -0.15) is 13.2 Å². The molecule has 1 N–H and O–H groups in total. The summed E-state index contributed by atoms with van der Waals surface area (Å²) in [7, 11) is -1.51. The Balaban J connectivity index is 1.61. The van der Waals surface area contributed by atoms with Crippen molar-refractivity contribution >= 4 is 10.0 Å². The molecule has 3 aliphatic carbocycles. The average Bonchev–Trinajstić information content (AvgIpc) is 3.09. The van der Waals surface area contributed by atoms with Crippen molar-refractivity contribution in [2.24, 2.45) is 12.5 Å². The van der Waals surface area contributed by atoms with Gasteiger partial charge in [0, 0.05) is 24.6 Å². The van der Waals surface area contributed by atoms with Gasteiger partial charge in [-0.15, -0.1) is 10.2 Å². The van der Waals surface area contributed by atoms with Crippen LogP contribution in [0.3, 0.4) is 0 Å². The van der Waals surface area contributed by atoms with Gasteiger partial charge in [-0.3, -0.25) is 0 Å². The Morgan fingerprint density at radius 2 is 1.67 bits per heavy atom. The first-order valence-electron chi connectivity index (χ1n) is 9.96. The quantitative estimate of drug-likeness (QED) is 0.767. The summed E-state index contributed by atoms with van der Waals surface area (Å²) in [4.78, 5) is 0. The number of nitrogens with zero attached hydrogens (tertiary/aromatic N) is 3. The first kappa shape index (κ1) is 21.3. The Hall–Kier alpha value is -1.94. The van der Waals surface area contributed by atoms with E-state index >= 15 is 0 Å². The van der Waals surface area contributed by atoms with Crippen molar-refractivity contribution in [3.63, 3.8) is 0 Å². The molecule has 3 aliphatic rings. The lowest BCUT2D eigenvalue weighted by molar-refractivity contribution is -0.137. The van der Waals surface area contributed by atoms with Gasteiger partial charge >= 0.3 is 6.18 Å². The number of benzene rings is 1. The molecule has 30 heavy (non-hydrogen) atoms. The van der Waals surface area contributed by atoms with Crippen LogP contribution < -0.4 is 4.72 Å². The SMILES string of the molecule is Cn1c(-c2ccccc2C(F)(F)F)nnc1C12CCC(CNS(C)(=O)=O)(CC1)CC2. The van der Waals surface area contributed by atoms with Crippen molar-refractivity contribution in [1.29, 1.82) is 0 Å². The van der Waals surface area contributed by atoms with Crippen molar-refractivity contribution in [2.45, 2.75) is 50.1 Å². The molecule has 1 heterocycles. The van der Waals surface area contributed by atoms with E-state index in [0.29, 0.717) is 6.54 Å². The third-order valence-electron chi connectivity index (χ3n) is 6.93. The number of halogens is 3. The third kappa shape index (κ3) is 3.75. The molecule has 1 aromatic carbocycles. The third-order valence-corrected chi connectivity index (χ3v) is 7.60. The Kier molecular flexibility index (Phi) is 5.00. The molecule has 3 fully saturated rings. The molecular weight excluding hydrogens is 417 g/mol. The largest absolute Gasteiger partial charge is 0.417 e. The van der Waals surface area contributed by atoms with Crippen LogP contribution in [0.2, 0.25) is 0 Å². The topological polar surface area (TPSA) is 76.9 Å². The van der Waals surface area contributed by atoms with Gasteiger partial charge < -0.3 is 4.57 Å². The summed E-state index contributed by atoms with van der Waals surface area (Å²) in [5.41, 5.74) is -0.960. The van der Waals surface area contributed by atoms with Crippen LogP contribution in [0.15, 0.2) is 24.3 Å². The summed E-state index contributed by atoms with van der Waals surface area (Å²) < 4.78 is 67.8. The van der Waals surface area contributed by atoms with Gasteiger partial charge in [0.2, 0.25) is 10.0 Å². The van der Waals surface area contributed by atoms with Gasteiger partial charge in [0.25, 0.3) is 0 Å². The minimum Gasteiger partial charge on any atom is -0.314 e. The summed E-state index contributed by atoms with van der Waals surface area (Å²) >= 11 is 0. The predicted octanol–water partition coefficient (Wildman–Crippen LogP) is 3.64. The van der Waals surface area contributed by atoms with E-state index in [2.05, 4.69) is 14.9 Å². The van der Waals surface area contributed by atoms with Crippen LogP contribution in [0.4, 0.5) is 13.2 Å². The molecular formula is C20H25F3N4O2S. The van der Waals surface area contributed by atoms with Gasteiger partial charge in [-0.1, -0.05) is 18.2 Å². The minimum atomic E-state index is -4.47. The van der Waals surface area contributed by atoms with Gasteiger partial charge in [-0.05, 0) is 50.0 Å². The molecule has 2 bridgehead atoms. The zero-order chi connectivity index (χ0) is 21.8. The molecule has 10 heteroatoms. The fourth-order valence-corrected chi connectivity index (χ4v) is 5.67. The molecule has 5 rings (SSSR count). The molecule has 6 nitrogen and oxygen atoms in total. The molecule has 0 aliphatic heterocycles. The Labute approximate surface area is 173 Å². The Morgan fingerprint density at radius 1 is 1.07 bits per heavy atom.